The van der Waals surface area contributed by atoms with Gasteiger partial charge in [-0.25, -0.2) is 8.78 Å². The molecular formula is C16H15F2NO2. The summed E-state index contributed by atoms with van der Waals surface area (Å²) in [5.74, 6) is -2.05. The van der Waals surface area contributed by atoms with Crippen molar-refractivity contribution in [3.05, 3.63) is 65.7 Å². The van der Waals surface area contributed by atoms with Gasteiger partial charge in [-0.3, -0.25) is 4.79 Å². The molecule has 110 valence electrons. The molecule has 0 unspecified atom stereocenters. The fourth-order valence-corrected chi connectivity index (χ4v) is 1.79. The summed E-state index contributed by atoms with van der Waals surface area (Å²) in [6, 6.07) is 12.7. The number of hydrogen-bond acceptors (Lipinski definition) is 2. The first-order valence-corrected chi connectivity index (χ1v) is 6.47. The molecule has 21 heavy (non-hydrogen) atoms. The van der Waals surface area contributed by atoms with Crippen LogP contribution in [0.1, 0.15) is 10.4 Å². The molecule has 0 saturated carbocycles. The lowest BCUT2D eigenvalue weighted by Gasteiger charge is -2.18. The summed E-state index contributed by atoms with van der Waals surface area (Å²) in [7, 11) is 1.51. The Morgan fingerprint density at radius 3 is 2.52 bits per heavy atom. The van der Waals surface area contributed by atoms with Gasteiger partial charge >= 0.3 is 0 Å². The molecule has 2 aromatic rings. The van der Waals surface area contributed by atoms with Crippen LogP contribution in [0, 0.1) is 11.6 Å². The lowest BCUT2D eigenvalue weighted by atomic mass is 10.2. The lowest BCUT2D eigenvalue weighted by Crippen LogP contribution is -2.31. The number of halogens is 2. The SMILES string of the molecule is CN(CCOc1ccccc1)C(=O)c1cccc(F)c1F. The van der Waals surface area contributed by atoms with Gasteiger partial charge in [0, 0.05) is 7.05 Å². The van der Waals surface area contributed by atoms with Crippen LogP contribution in [0.25, 0.3) is 0 Å². The monoisotopic (exact) mass is 291 g/mol. The van der Waals surface area contributed by atoms with Gasteiger partial charge < -0.3 is 9.64 Å². The van der Waals surface area contributed by atoms with Gasteiger partial charge in [0.15, 0.2) is 11.6 Å². The summed E-state index contributed by atoms with van der Waals surface area (Å²) in [5, 5.41) is 0. The highest BCUT2D eigenvalue weighted by atomic mass is 19.2. The van der Waals surface area contributed by atoms with Gasteiger partial charge in [0.2, 0.25) is 0 Å². The Morgan fingerprint density at radius 1 is 1.10 bits per heavy atom. The first-order chi connectivity index (χ1) is 10.1. The van der Waals surface area contributed by atoms with Crippen molar-refractivity contribution in [2.45, 2.75) is 0 Å². The molecule has 0 bridgehead atoms. The number of carbonyl (C=O) groups excluding carboxylic acids is 1. The van der Waals surface area contributed by atoms with E-state index in [0.717, 1.165) is 6.07 Å². The first kappa shape index (κ1) is 15.0. The van der Waals surface area contributed by atoms with Gasteiger partial charge in [0.1, 0.15) is 12.4 Å². The highest BCUT2D eigenvalue weighted by Crippen LogP contribution is 2.13. The average molecular weight is 291 g/mol. The van der Waals surface area contributed by atoms with Gasteiger partial charge in [-0.2, -0.15) is 0 Å². The Bertz CT molecular complexity index is 617. The van der Waals surface area contributed by atoms with Gasteiger partial charge in [-0.1, -0.05) is 24.3 Å². The summed E-state index contributed by atoms with van der Waals surface area (Å²) in [6.45, 7) is 0.535. The maximum atomic E-state index is 13.5. The maximum absolute atomic E-state index is 13.5. The van der Waals surface area contributed by atoms with Crippen LogP contribution in [0.5, 0.6) is 5.75 Å². The number of ether oxygens (including phenoxy) is 1. The van der Waals surface area contributed by atoms with Crippen molar-refractivity contribution in [2.24, 2.45) is 0 Å². The summed E-state index contributed by atoms with van der Waals surface area (Å²) in [5.41, 5.74) is -0.280. The van der Waals surface area contributed by atoms with E-state index in [-0.39, 0.29) is 18.7 Å². The molecule has 0 radical (unpaired) electrons. The van der Waals surface area contributed by atoms with Crippen LogP contribution in [-0.4, -0.2) is 31.0 Å². The number of benzene rings is 2. The van der Waals surface area contributed by atoms with Gasteiger partial charge in [-0.15, -0.1) is 0 Å². The Kier molecular flexibility index (Phi) is 4.87. The predicted octanol–water partition coefficient (Wildman–Crippen LogP) is 3.12. The number of hydrogen-bond donors (Lipinski definition) is 0. The number of carbonyl (C=O) groups is 1. The Hall–Kier alpha value is -2.43. The third-order valence-electron chi connectivity index (χ3n) is 2.97. The minimum absolute atomic E-state index is 0.267. The Labute approximate surface area is 121 Å². The molecule has 0 N–H and O–H groups in total. The topological polar surface area (TPSA) is 29.5 Å². The van der Waals surface area contributed by atoms with Crippen molar-refractivity contribution in [1.82, 2.24) is 4.90 Å². The molecule has 0 spiro atoms. The molecule has 0 saturated heterocycles. The van der Waals surface area contributed by atoms with E-state index in [1.807, 2.05) is 18.2 Å². The minimum atomic E-state index is -1.13. The zero-order valence-electron chi connectivity index (χ0n) is 11.6. The van der Waals surface area contributed by atoms with Crippen molar-refractivity contribution in [3.63, 3.8) is 0 Å². The second-order valence-electron chi connectivity index (χ2n) is 4.49. The van der Waals surface area contributed by atoms with Crippen LogP contribution in [0.4, 0.5) is 8.78 Å². The smallest absolute Gasteiger partial charge is 0.256 e. The molecular weight excluding hydrogens is 276 g/mol. The van der Waals surface area contributed by atoms with Crippen LogP contribution in [-0.2, 0) is 0 Å². The molecule has 0 aromatic heterocycles. The van der Waals surface area contributed by atoms with Gasteiger partial charge in [-0.05, 0) is 24.3 Å². The first-order valence-electron chi connectivity index (χ1n) is 6.47. The zero-order chi connectivity index (χ0) is 15.2. The summed E-state index contributed by atoms with van der Waals surface area (Å²) < 4.78 is 32.1. The quantitative estimate of drug-likeness (QED) is 0.847. The second-order valence-corrected chi connectivity index (χ2v) is 4.49. The van der Waals surface area contributed by atoms with E-state index >= 15 is 0 Å². The second kappa shape index (κ2) is 6.83. The Balaban J connectivity index is 1.92. The van der Waals surface area contributed by atoms with Crippen LogP contribution in [0.2, 0.25) is 0 Å². The zero-order valence-corrected chi connectivity index (χ0v) is 11.6. The largest absolute Gasteiger partial charge is 0.492 e. The fraction of sp³-hybridized carbons (Fsp3) is 0.188. The summed E-state index contributed by atoms with van der Waals surface area (Å²) in [4.78, 5) is 13.3. The van der Waals surface area contributed by atoms with Crippen molar-refractivity contribution in [2.75, 3.05) is 20.2 Å². The molecule has 0 atom stereocenters. The number of amides is 1. The van der Waals surface area contributed by atoms with Crippen molar-refractivity contribution in [3.8, 4) is 5.75 Å². The maximum Gasteiger partial charge on any atom is 0.256 e. The summed E-state index contributed by atoms with van der Waals surface area (Å²) >= 11 is 0. The van der Waals surface area contributed by atoms with Crippen molar-refractivity contribution in [1.29, 1.82) is 0 Å². The van der Waals surface area contributed by atoms with E-state index in [1.165, 1.54) is 24.1 Å². The molecule has 2 rings (SSSR count). The van der Waals surface area contributed by atoms with Gasteiger partial charge in [0.25, 0.3) is 5.91 Å². The minimum Gasteiger partial charge on any atom is -0.492 e. The third kappa shape index (κ3) is 3.78. The number of para-hydroxylation sites is 1. The molecule has 0 fully saturated rings. The predicted molar refractivity (Wildman–Crippen MR) is 75.3 cm³/mol. The van der Waals surface area contributed by atoms with E-state index in [1.54, 1.807) is 12.1 Å². The molecule has 0 aliphatic rings. The van der Waals surface area contributed by atoms with E-state index in [0.29, 0.717) is 5.75 Å². The van der Waals surface area contributed by atoms with Crippen LogP contribution >= 0.6 is 0 Å². The van der Waals surface area contributed by atoms with E-state index < -0.39 is 17.5 Å². The third-order valence-corrected chi connectivity index (χ3v) is 2.97. The Morgan fingerprint density at radius 2 is 1.81 bits per heavy atom. The molecule has 0 aliphatic heterocycles. The number of likely N-dealkylation sites (N-methyl/N-ethyl adjacent to an activating group) is 1. The molecule has 0 heterocycles. The molecule has 2 aromatic carbocycles. The van der Waals surface area contributed by atoms with E-state index in [9.17, 15) is 13.6 Å². The van der Waals surface area contributed by atoms with E-state index in [4.69, 9.17) is 4.74 Å². The van der Waals surface area contributed by atoms with Crippen LogP contribution in [0.15, 0.2) is 48.5 Å². The van der Waals surface area contributed by atoms with E-state index in [2.05, 4.69) is 0 Å². The normalized spacial score (nSPS) is 10.2. The van der Waals surface area contributed by atoms with Crippen LogP contribution in [0.3, 0.4) is 0 Å². The molecule has 1 amide bonds. The lowest BCUT2D eigenvalue weighted by molar-refractivity contribution is 0.0768. The average Bonchev–Trinajstić information content (AvgIpc) is 2.50. The number of nitrogens with zero attached hydrogens (tertiary/aromatic N) is 1. The highest BCUT2D eigenvalue weighted by molar-refractivity contribution is 5.94. The standard InChI is InChI=1S/C16H15F2NO2/c1-19(10-11-21-12-6-3-2-4-7-12)16(20)13-8-5-9-14(17)15(13)18/h2-9H,10-11H2,1H3. The molecule has 5 heteroatoms. The fourth-order valence-electron chi connectivity index (χ4n) is 1.79. The van der Waals surface area contributed by atoms with Gasteiger partial charge in [0.05, 0.1) is 12.1 Å². The highest BCUT2D eigenvalue weighted by Gasteiger charge is 2.18. The summed E-state index contributed by atoms with van der Waals surface area (Å²) in [6.07, 6.45) is 0. The molecule has 3 nitrogen and oxygen atoms in total. The van der Waals surface area contributed by atoms with Crippen LogP contribution < -0.4 is 4.74 Å². The number of rotatable bonds is 5. The van der Waals surface area contributed by atoms with Crippen molar-refractivity contribution >= 4 is 5.91 Å². The van der Waals surface area contributed by atoms with Crippen molar-refractivity contribution < 1.29 is 18.3 Å². The molecule has 0 aliphatic carbocycles.